The molecule has 0 bridgehead atoms. The van der Waals surface area contributed by atoms with Crippen LogP contribution in [-0.2, 0) is 0 Å². The highest BCUT2D eigenvalue weighted by atomic mass is 14.7. The van der Waals surface area contributed by atoms with Gasteiger partial charge in [-0.3, -0.25) is 0 Å². The first-order valence-corrected chi connectivity index (χ1v) is 2.42. The van der Waals surface area contributed by atoms with E-state index in [1.807, 2.05) is 19.9 Å². The lowest BCUT2D eigenvalue weighted by molar-refractivity contribution is 0.654. The third-order valence-corrected chi connectivity index (χ3v) is 0.587. The van der Waals surface area contributed by atoms with Gasteiger partial charge in [-0.25, -0.2) is 0 Å². The number of rotatable bonds is 1. The maximum Gasteiger partial charge on any atom is 0.0909 e. The highest BCUT2D eigenvalue weighted by molar-refractivity contribution is 5.09. The summed E-state index contributed by atoms with van der Waals surface area (Å²) in [6.45, 7) is 3.67. The maximum atomic E-state index is 8.04. The molecule has 0 rings (SSSR count). The van der Waals surface area contributed by atoms with Gasteiger partial charge in [-0.15, -0.1) is 0 Å². The molecule has 0 aromatic heterocycles. The van der Waals surface area contributed by atoms with Crippen molar-refractivity contribution >= 4 is 0 Å². The Bertz CT molecular complexity index is 122. The Kier molecular flexibility index (Phi) is 2.23. The topological polar surface area (TPSA) is 49.8 Å². The summed E-state index contributed by atoms with van der Waals surface area (Å²) in [5.74, 6) is 0. The van der Waals surface area contributed by atoms with Gasteiger partial charge in [-0.2, -0.15) is 5.26 Å². The number of hydrogen-bond acceptors (Lipinski definition) is 2. The molecule has 0 aromatic rings. The van der Waals surface area contributed by atoms with Crippen LogP contribution in [0.2, 0.25) is 0 Å². The van der Waals surface area contributed by atoms with Crippen molar-refractivity contribution in [3.05, 3.63) is 12.2 Å². The predicted molar refractivity (Wildman–Crippen MR) is 33.0 cm³/mol. The maximum absolute atomic E-state index is 8.04. The Hall–Kier alpha value is -0.810. The predicted octanol–water partition coefficient (Wildman–Crippen LogP) is 0.803. The highest BCUT2D eigenvalue weighted by Crippen LogP contribution is 1.96. The smallest absolute Gasteiger partial charge is 0.0909 e. The van der Waals surface area contributed by atoms with Crippen LogP contribution in [0.15, 0.2) is 12.2 Å². The quantitative estimate of drug-likeness (QED) is 0.507. The van der Waals surface area contributed by atoms with Gasteiger partial charge in [-0.05, 0) is 13.8 Å². The number of nitrogens with two attached hydrogens (primary N) is 1. The Morgan fingerprint density at radius 3 is 2.25 bits per heavy atom. The van der Waals surface area contributed by atoms with E-state index in [0.29, 0.717) is 0 Å². The van der Waals surface area contributed by atoms with E-state index in [1.54, 1.807) is 6.08 Å². The van der Waals surface area contributed by atoms with Gasteiger partial charge in [0.25, 0.3) is 0 Å². The van der Waals surface area contributed by atoms with Gasteiger partial charge in [0.05, 0.1) is 6.07 Å². The summed E-state index contributed by atoms with van der Waals surface area (Å²) in [5.41, 5.74) is 5.13. The Morgan fingerprint density at radius 2 is 2.12 bits per heavy atom. The standard InChI is InChI=1S/C6H10N2/c1-6(2,8)4-3-5-7/h3-4H,8H2,1-2H3. The van der Waals surface area contributed by atoms with E-state index in [0.717, 1.165) is 0 Å². The molecule has 0 fully saturated rings. The Labute approximate surface area is 49.6 Å². The van der Waals surface area contributed by atoms with Gasteiger partial charge in [0.1, 0.15) is 0 Å². The average molecular weight is 110 g/mol. The second-order valence-electron chi connectivity index (χ2n) is 2.28. The molecule has 0 heterocycles. The average Bonchev–Trinajstić information content (AvgIpc) is 1.59. The number of nitrogens with zero attached hydrogens (tertiary/aromatic N) is 1. The summed E-state index contributed by atoms with van der Waals surface area (Å²) in [4.78, 5) is 0. The minimum atomic E-state index is -0.351. The summed E-state index contributed by atoms with van der Waals surface area (Å²) in [6.07, 6.45) is 3.05. The molecule has 0 saturated carbocycles. The summed E-state index contributed by atoms with van der Waals surface area (Å²) < 4.78 is 0. The van der Waals surface area contributed by atoms with Crippen molar-refractivity contribution in [1.82, 2.24) is 0 Å². The number of allylic oxidation sites excluding steroid dienone is 1. The lowest BCUT2D eigenvalue weighted by Crippen LogP contribution is -2.28. The molecule has 44 valence electrons. The summed E-state index contributed by atoms with van der Waals surface area (Å²) in [7, 11) is 0. The molecule has 8 heavy (non-hydrogen) atoms. The molecule has 2 N–H and O–H groups in total. The lowest BCUT2D eigenvalue weighted by Gasteiger charge is -2.09. The zero-order valence-corrected chi connectivity index (χ0v) is 5.18. The minimum Gasteiger partial charge on any atom is -0.322 e. The molecule has 0 aliphatic heterocycles. The zero-order valence-electron chi connectivity index (χ0n) is 5.18. The Balaban J connectivity index is 3.75. The highest BCUT2D eigenvalue weighted by Gasteiger charge is 2.01. The van der Waals surface area contributed by atoms with Crippen molar-refractivity contribution in [3.8, 4) is 6.07 Å². The fourth-order valence-corrected chi connectivity index (χ4v) is 0.252. The van der Waals surface area contributed by atoms with Crippen LogP contribution in [0, 0.1) is 11.3 Å². The fraction of sp³-hybridized carbons (Fsp3) is 0.500. The van der Waals surface area contributed by atoms with Gasteiger partial charge in [0, 0.05) is 11.6 Å². The molecule has 0 aliphatic rings. The molecule has 0 saturated heterocycles. The van der Waals surface area contributed by atoms with Gasteiger partial charge >= 0.3 is 0 Å². The van der Waals surface area contributed by atoms with Crippen molar-refractivity contribution < 1.29 is 0 Å². The fourth-order valence-electron chi connectivity index (χ4n) is 0.252. The minimum absolute atomic E-state index is 0.351. The third-order valence-electron chi connectivity index (χ3n) is 0.587. The normalized spacial score (nSPS) is 11.8. The lowest BCUT2D eigenvalue weighted by atomic mass is 10.1. The number of nitriles is 1. The van der Waals surface area contributed by atoms with E-state index in [2.05, 4.69) is 0 Å². The molecular weight excluding hydrogens is 100 g/mol. The first-order valence-electron chi connectivity index (χ1n) is 2.42. The molecule has 0 atom stereocenters. The summed E-state index contributed by atoms with van der Waals surface area (Å²) in [6, 6.07) is 1.86. The van der Waals surface area contributed by atoms with E-state index in [1.165, 1.54) is 6.08 Å². The van der Waals surface area contributed by atoms with E-state index >= 15 is 0 Å². The summed E-state index contributed by atoms with van der Waals surface area (Å²) >= 11 is 0. The molecule has 2 heteroatoms. The molecule has 0 aliphatic carbocycles. The van der Waals surface area contributed by atoms with E-state index < -0.39 is 0 Å². The van der Waals surface area contributed by atoms with Crippen LogP contribution in [0.3, 0.4) is 0 Å². The molecule has 0 radical (unpaired) electrons. The van der Waals surface area contributed by atoms with Crippen molar-refractivity contribution in [2.24, 2.45) is 5.73 Å². The molecule has 2 nitrogen and oxygen atoms in total. The van der Waals surface area contributed by atoms with E-state index in [9.17, 15) is 0 Å². The first kappa shape index (κ1) is 7.19. The van der Waals surface area contributed by atoms with Crippen LogP contribution in [0.25, 0.3) is 0 Å². The van der Waals surface area contributed by atoms with Gasteiger partial charge in [0.15, 0.2) is 0 Å². The SMILES string of the molecule is CC(C)(N)C=CC#N. The van der Waals surface area contributed by atoms with Crippen molar-refractivity contribution in [1.29, 1.82) is 5.26 Å². The second kappa shape index (κ2) is 2.49. The van der Waals surface area contributed by atoms with Crippen LogP contribution >= 0.6 is 0 Å². The zero-order chi connectivity index (χ0) is 6.62. The second-order valence-corrected chi connectivity index (χ2v) is 2.28. The van der Waals surface area contributed by atoms with Crippen molar-refractivity contribution in [2.75, 3.05) is 0 Å². The van der Waals surface area contributed by atoms with E-state index in [4.69, 9.17) is 11.0 Å². The molecule has 0 unspecified atom stereocenters. The monoisotopic (exact) mass is 110 g/mol. The van der Waals surface area contributed by atoms with E-state index in [-0.39, 0.29) is 5.54 Å². The van der Waals surface area contributed by atoms with Crippen LogP contribution in [0.5, 0.6) is 0 Å². The molecule has 0 spiro atoms. The van der Waals surface area contributed by atoms with Gasteiger partial charge in [0.2, 0.25) is 0 Å². The van der Waals surface area contributed by atoms with Crippen molar-refractivity contribution in [2.45, 2.75) is 19.4 Å². The van der Waals surface area contributed by atoms with Crippen LogP contribution in [0.4, 0.5) is 0 Å². The first-order chi connectivity index (χ1) is 3.56. The third kappa shape index (κ3) is 5.19. The Morgan fingerprint density at radius 1 is 1.62 bits per heavy atom. The van der Waals surface area contributed by atoms with Crippen molar-refractivity contribution in [3.63, 3.8) is 0 Å². The van der Waals surface area contributed by atoms with Crippen LogP contribution in [0.1, 0.15) is 13.8 Å². The molecule has 0 aromatic carbocycles. The summed E-state index contributed by atoms with van der Waals surface area (Å²) in [5, 5.41) is 8.04. The largest absolute Gasteiger partial charge is 0.322 e. The molecule has 0 amide bonds. The van der Waals surface area contributed by atoms with Gasteiger partial charge in [-0.1, -0.05) is 6.08 Å². The van der Waals surface area contributed by atoms with Crippen LogP contribution < -0.4 is 5.73 Å². The molecular formula is C6H10N2. The number of hydrogen-bond donors (Lipinski definition) is 1. The van der Waals surface area contributed by atoms with Gasteiger partial charge < -0.3 is 5.73 Å². The van der Waals surface area contributed by atoms with Crippen LogP contribution in [-0.4, -0.2) is 5.54 Å².